The van der Waals surface area contributed by atoms with E-state index < -0.39 is 11.9 Å². The Kier molecular flexibility index (Phi) is 6.87. The normalized spacial score (nSPS) is 10.5. The smallest absolute Gasteiger partial charge is 0.335 e. The summed E-state index contributed by atoms with van der Waals surface area (Å²) in [5.41, 5.74) is 4.23. The Bertz CT molecular complexity index is 1570. The first-order valence-corrected chi connectivity index (χ1v) is 11.8. The molecule has 5 aromatic rings. The van der Waals surface area contributed by atoms with E-state index in [0.29, 0.717) is 23.0 Å². The summed E-state index contributed by atoms with van der Waals surface area (Å²) in [6.07, 6.45) is 0. The van der Waals surface area contributed by atoms with Gasteiger partial charge >= 0.3 is 11.9 Å². The SMILES string of the molecule is O=C(O)c1ccc(Oc2ccc(-c3ccc(Oc4ccc(C(=O)O)cc4)c(-c4ccccc4)c3)cc2)cc1. The average molecular weight is 503 g/mol. The molecule has 0 aromatic heterocycles. The molecule has 5 rings (SSSR count). The molecule has 0 saturated heterocycles. The Morgan fingerprint density at radius 2 is 0.947 bits per heavy atom. The maximum Gasteiger partial charge on any atom is 0.335 e. The number of carboxylic acids is 2. The quantitative estimate of drug-likeness (QED) is 0.223. The van der Waals surface area contributed by atoms with Crippen LogP contribution < -0.4 is 9.47 Å². The summed E-state index contributed by atoms with van der Waals surface area (Å²) in [4.78, 5) is 22.2. The number of hydrogen-bond acceptors (Lipinski definition) is 4. The summed E-state index contributed by atoms with van der Waals surface area (Å²) in [7, 11) is 0. The van der Waals surface area contributed by atoms with Crippen LogP contribution in [-0.2, 0) is 0 Å². The van der Waals surface area contributed by atoms with Crippen LogP contribution in [0.2, 0.25) is 0 Å². The number of ether oxygens (including phenoxy) is 2. The fraction of sp³-hybridized carbons (Fsp3) is 0. The number of aromatic carboxylic acids is 2. The van der Waals surface area contributed by atoms with Crippen molar-refractivity contribution in [2.24, 2.45) is 0 Å². The van der Waals surface area contributed by atoms with Gasteiger partial charge in [0.15, 0.2) is 0 Å². The van der Waals surface area contributed by atoms with Gasteiger partial charge in [0.1, 0.15) is 23.0 Å². The highest BCUT2D eigenvalue weighted by atomic mass is 16.5. The van der Waals surface area contributed by atoms with Crippen LogP contribution in [-0.4, -0.2) is 22.2 Å². The maximum atomic E-state index is 11.2. The largest absolute Gasteiger partial charge is 0.478 e. The number of carbonyl (C=O) groups is 2. The van der Waals surface area contributed by atoms with Gasteiger partial charge in [-0.15, -0.1) is 0 Å². The van der Waals surface area contributed by atoms with Gasteiger partial charge in [0.05, 0.1) is 11.1 Å². The molecule has 0 aliphatic rings. The molecule has 0 amide bonds. The van der Waals surface area contributed by atoms with Gasteiger partial charge in [-0.3, -0.25) is 0 Å². The predicted molar refractivity (Wildman–Crippen MR) is 144 cm³/mol. The summed E-state index contributed by atoms with van der Waals surface area (Å²) >= 11 is 0. The molecular formula is C32H22O6. The summed E-state index contributed by atoms with van der Waals surface area (Å²) in [6.45, 7) is 0. The molecule has 0 atom stereocenters. The van der Waals surface area contributed by atoms with Gasteiger partial charge in [-0.2, -0.15) is 0 Å². The van der Waals surface area contributed by atoms with Crippen molar-refractivity contribution in [3.63, 3.8) is 0 Å². The topological polar surface area (TPSA) is 93.1 Å². The molecule has 0 radical (unpaired) electrons. The van der Waals surface area contributed by atoms with E-state index in [4.69, 9.17) is 19.7 Å². The van der Waals surface area contributed by atoms with Gasteiger partial charge in [-0.05, 0) is 89.5 Å². The fourth-order valence-electron chi connectivity index (χ4n) is 3.95. The van der Waals surface area contributed by atoms with Crippen molar-refractivity contribution in [1.29, 1.82) is 0 Å². The minimum atomic E-state index is -0.988. The van der Waals surface area contributed by atoms with E-state index in [0.717, 1.165) is 22.3 Å². The number of benzene rings is 5. The van der Waals surface area contributed by atoms with Gasteiger partial charge in [0.2, 0.25) is 0 Å². The van der Waals surface area contributed by atoms with Gasteiger partial charge in [-0.1, -0.05) is 48.5 Å². The van der Waals surface area contributed by atoms with Crippen LogP contribution in [0, 0.1) is 0 Å². The first kappa shape index (κ1) is 24.3. The van der Waals surface area contributed by atoms with Crippen LogP contribution in [0.15, 0.2) is 121 Å². The molecule has 2 N–H and O–H groups in total. The number of carboxylic acid groups (broad SMARTS) is 2. The Morgan fingerprint density at radius 3 is 1.47 bits per heavy atom. The van der Waals surface area contributed by atoms with Crippen molar-refractivity contribution >= 4 is 11.9 Å². The van der Waals surface area contributed by atoms with Crippen LogP contribution in [0.3, 0.4) is 0 Å². The second kappa shape index (κ2) is 10.7. The third kappa shape index (κ3) is 5.55. The van der Waals surface area contributed by atoms with Crippen molar-refractivity contribution in [2.45, 2.75) is 0 Å². The van der Waals surface area contributed by atoms with Crippen molar-refractivity contribution in [2.75, 3.05) is 0 Å². The molecule has 5 aromatic carbocycles. The van der Waals surface area contributed by atoms with Crippen LogP contribution in [0.4, 0.5) is 0 Å². The molecule has 0 aliphatic heterocycles. The van der Waals surface area contributed by atoms with Crippen molar-refractivity contribution in [3.05, 3.63) is 132 Å². The van der Waals surface area contributed by atoms with Crippen LogP contribution in [0.5, 0.6) is 23.0 Å². The zero-order valence-corrected chi connectivity index (χ0v) is 20.1. The van der Waals surface area contributed by atoms with E-state index in [1.807, 2.05) is 66.7 Å². The minimum Gasteiger partial charge on any atom is -0.478 e. The molecule has 0 heterocycles. The zero-order valence-electron chi connectivity index (χ0n) is 20.1. The zero-order chi connectivity index (χ0) is 26.5. The van der Waals surface area contributed by atoms with E-state index in [-0.39, 0.29) is 11.1 Å². The highest BCUT2D eigenvalue weighted by Gasteiger charge is 2.12. The van der Waals surface area contributed by atoms with Crippen molar-refractivity contribution in [1.82, 2.24) is 0 Å². The molecule has 0 spiro atoms. The van der Waals surface area contributed by atoms with Crippen molar-refractivity contribution in [3.8, 4) is 45.3 Å². The second-order valence-corrected chi connectivity index (χ2v) is 8.46. The average Bonchev–Trinajstić information content (AvgIpc) is 2.95. The Hall–Kier alpha value is -5.36. The van der Waals surface area contributed by atoms with Gasteiger partial charge in [0.25, 0.3) is 0 Å². The van der Waals surface area contributed by atoms with E-state index >= 15 is 0 Å². The molecule has 0 fully saturated rings. The van der Waals surface area contributed by atoms with E-state index in [9.17, 15) is 9.59 Å². The van der Waals surface area contributed by atoms with Gasteiger partial charge < -0.3 is 19.7 Å². The summed E-state index contributed by atoms with van der Waals surface area (Å²) in [5, 5.41) is 18.2. The third-order valence-electron chi connectivity index (χ3n) is 5.92. The predicted octanol–water partition coefficient (Wildman–Crippen LogP) is 8.00. The second-order valence-electron chi connectivity index (χ2n) is 8.46. The van der Waals surface area contributed by atoms with E-state index in [1.54, 1.807) is 24.3 Å². The number of hydrogen-bond donors (Lipinski definition) is 2. The number of rotatable bonds is 8. The molecule has 0 bridgehead atoms. The Labute approximate surface area is 219 Å². The monoisotopic (exact) mass is 502 g/mol. The summed E-state index contributed by atoms with van der Waals surface area (Å²) < 4.78 is 12.0. The first-order valence-electron chi connectivity index (χ1n) is 11.8. The minimum absolute atomic E-state index is 0.195. The Balaban J connectivity index is 1.41. The fourth-order valence-corrected chi connectivity index (χ4v) is 3.95. The first-order chi connectivity index (χ1) is 18.5. The highest BCUT2D eigenvalue weighted by Crippen LogP contribution is 2.37. The van der Waals surface area contributed by atoms with Crippen molar-refractivity contribution < 1.29 is 29.3 Å². The molecular weight excluding hydrogens is 480 g/mol. The van der Waals surface area contributed by atoms with Crippen LogP contribution in [0.25, 0.3) is 22.3 Å². The maximum absolute atomic E-state index is 11.2. The molecule has 0 unspecified atom stereocenters. The lowest BCUT2D eigenvalue weighted by atomic mass is 9.98. The van der Waals surface area contributed by atoms with Crippen LogP contribution >= 0.6 is 0 Å². The standard InChI is InChI=1S/C32H22O6/c33-31(34)23-8-15-27(16-9-23)37-26-13-6-21(7-14-26)25-12-19-30(29(20-25)22-4-2-1-3-5-22)38-28-17-10-24(11-18-28)32(35)36/h1-20H,(H,33,34)(H,35,36). The van der Waals surface area contributed by atoms with E-state index in [1.165, 1.54) is 24.3 Å². The van der Waals surface area contributed by atoms with E-state index in [2.05, 4.69) is 6.07 Å². The van der Waals surface area contributed by atoms with Gasteiger partial charge in [-0.25, -0.2) is 9.59 Å². The molecule has 0 saturated carbocycles. The summed E-state index contributed by atoms with van der Waals surface area (Å²) in [5.74, 6) is 0.393. The molecule has 6 heteroatoms. The highest BCUT2D eigenvalue weighted by molar-refractivity contribution is 5.88. The molecule has 6 nitrogen and oxygen atoms in total. The van der Waals surface area contributed by atoms with Gasteiger partial charge in [0, 0.05) is 5.56 Å². The molecule has 186 valence electrons. The summed E-state index contributed by atoms with van der Waals surface area (Å²) in [6, 6.07) is 36.0. The third-order valence-corrected chi connectivity index (χ3v) is 5.92. The molecule has 38 heavy (non-hydrogen) atoms. The molecule has 0 aliphatic carbocycles. The lowest BCUT2D eigenvalue weighted by Gasteiger charge is -2.14. The lowest BCUT2D eigenvalue weighted by molar-refractivity contribution is 0.0686. The van der Waals surface area contributed by atoms with Crippen LogP contribution in [0.1, 0.15) is 20.7 Å². The Morgan fingerprint density at radius 1 is 0.474 bits per heavy atom. The lowest BCUT2D eigenvalue weighted by Crippen LogP contribution is -1.95.